The Kier molecular flexibility index (Phi) is 3.49. The summed E-state index contributed by atoms with van der Waals surface area (Å²) < 4.78 is 23.0. The van der Waals surface area contributed by atoms with Crippen molar-refractivity contribution in [3.05, 3.63) is 35.7 Å². The van der Waals surface area contributed by atoms with Gasteiger partial charge in [-0.1, -0.05) is 6.07 Å². The number of nitrogens with one attached hydrogen (secondary N) is 2. The van der Waals surface area contributed by atoms with Crippen molar-refractivity contribution >= 4 is 27.1 Å². The number of sulfone groups is 1. The molecule has 0 spiro atoms. The number of anilines is 2. The molecule has 0 saturated carbocycles. The number of H-pyrrole nitrogens is 1. The van der Waals surface area contributed by atoms with E-state index in [9.17, 15) is 13.2 Å². The van der Waals surface area contributed by atoms with E-state index in [1.807, 2.05) is 0 Å². The normalized spacial score (nSPS) is 11.3. The number of nitrogen functional groups attached to an aromatic ring is 1. The predicted octanol–water partition coefficient (Wildman–Crippen LogP) is 0.956. The molecule has 8 heteroatoms. The third-order valence-electron chi connectivity index (χ3n) is 2.78. The number of benzene rings is 1. The maximum absolute atomic E-state index is 12.0. The molecule has 1 aromatic carbocycles. The Morgan fingerprint density at radius 1 is 1.40 bits per heavy atom. The third kappa shape index (κ3) is 2.80. The van der Waals surface area contributed by atoms with Crippen LogP contribution in [-0.2, 0) is 9.84 Å². The Balaban J connectivity index is 2.34. The first-order valence-corrected chi connectivity index (χ1v) is 7.59. The standard InChI is InChI=1S/C12H14N4O3S/c1-7-3-4-8(20(2,18)19)5-10(7)15-12(17)11-9(13)6-14-16-11/h3-6H,13H2,1-2H3,(H,14,16)(H,15,17). The number of carbonyl (C=O) groups is 1. The molecule has 0 fully saturated rings. The van der Waals surface area contributed by atoms with E-state index >= 15 is 0 Å². The summed E-state index contributed by atoms with van der Waals surface area (Å²) in [6.45, 7) is 1.76. The molecule has 0 unspecified atom stereocenters. The van der Waals surface area contributed by atoms with Crippen LogP contribution in [0, 0.1) is 6.92 Å². The van der Waals surface area contributed by atoms with Gasteiger partial charge in [-0.2, -0.15) is 5.10 Å². The molecule has 2 rings (SSSR count). The average molecular weight is 294 g/mol. The van der Waals surface area contributed by atoms with Gasteiger partial charge in [-0.15, -0.1) is 0 Å². The molecular weight excluding hydrogens is 280 g/mol. The Bertz CT molecular complexity index is 765. The number of nitrogens with two attached hydrogens (primary N) is 1. The molecule has 7 nitrogen and oxygen atoms in total. The number of carbonyl (C=O) groups excluding carboxylic acids is 1. The summed E-state index contributed by atoms with van der Waals surface area (Å²) in [5.41, 5.74) is 7.09. The summed E-state index contributed by atoms with van der Waals surface area (Å²) in [6, 6.07) is 4.53. The Morgan fingerprint density at radius 3 is 2.65 bits per heavy atom. The quantitative estimate of drug-likeness (QED) is 0.779. The Labute approximate surface area is 116 Å². The van der Waals surface area contributed by atoms with E-state index in [1.165, 1.54) is 18.3 Å². The minimum absolute atomic E-state index is 0.133. The van der Waals surface area contributed by atoms with Crippen LogP contribution in [0.4, 0.5) is 11.4 Å². The van der Waals surface area contributed by atoms with Gasteiger partial charge in [0, 0.05) is 11.9 Å². The Hall–Kier alpha value is -2.35. The highest BCUT2D eigenvalue weighted by Gasteiger charge is 2.15. The first-order chi connectivity index (χ1) is 9.29. The third-order valence-corrected chi connectivity index (χ3v) is 3.89. The number of nitrogens with zero attached hydrogens (tertiary/aromatic N) is 1. The molecular formula is C12H14N4O3S. The van der Waals surface area contributed by atoms with Crippen LogP contribution in [-0.4, -0.2) is 30.8 Å². The molecule has 0 aliphatic rings. The van der Waals surface area contributed by atoms with E-state index in [4.69, 9.17) is 5.73 Å². The molecule has 1 amide bonds. The smallest absolute Gasteiger partial charge is 0.275 e. The molecule has 106 valence electrons. The molecule has 4 N–H and O–H groups in total. The van der Waals surface area contributed by atoms with Gasteiger partial charge in [-0.3, -0.25) is 9.89 Å². The summed E-state index contributed by atoms with van der Waals surface area (Å²) in [5, 5.41) is 8.75. The van der Waals surface area contributed by atoms with Crippen LogP contribution in [0.2, 0.25) is 0 Å². The zero-order valence-electron chi connectivity index (χ0n) is 11.0. The monoisotopic (exact) mass is 294 g/mol. The zero-order chi connectivity index (χ0) is 14.9. The van der Waals surface area contributed by atoms with Crippen molar-refractivity contribution in [2.75, 3.05) is 17.3 Å². The average Bonchev–Trinajstić information content (AvgIpc) is 2.77. The number of hydrogen-bond acceptors (Lipinski definition) is 5. The van der Waals surface area contributed by atoms with Gasteiger partial charge < -0.3 is 11.1 Å². The minimum atomic E-state index is -3.34. The van der Waals surface area contributed by atoms with Crippen LogP contribution in [0.1, 0.15) is 16.1 Å². The lowest BCUT2D eigenvalue weighted by molar-refractivity contribution is 0.102. The lowest BCUT2D eigenvalue weighted by Crippen LogP contribution is -2.15. The van der Waals surface area contributed by atoms with Crippen molar-refractivity contribution in [3.63, 3.8) is 0 Å². The van der Waals surface area contributed by atoms with E-state index < -0.39 is 15.7 Å². The van der Waals surface area contributed by atoms with Crippen molar-refractivity contribution in [2.24, 2.45) is 0 Å². The largest absolute Gasteiger partial charge is 0.396 e. The van der Waals surface area contributed by atoms with Crippen LogP contribution in [0.5, 0.6) is 0 Å². The second-order valence-electron chi connectivity index (χ2n) is 4.40. The molecule has 0 bridgehead atoms. The molecule has 1 aromatic heterocycles. The molecule has 2 aromatic rings. The molecule has 0 saturated heterocycles. The highest BCUT2D eigenvalue weighted by Crippen LogP contribution is 2.21. The van der Waals surface area contributed by atoms with Crippen LogP contribution in [0.3, 0.4) is 0 Å². The van der Waals surface area contributed by atoms with Crippen molar-refractivity contribution in [1.82, 2.24) is 10.2 Å². The number of aromatic nitrogens is 2. The maximum Gasteiger partial charge on any atom is 0.275 e. The van der Waals surface area contributed by atoms with Gasteiger partial charge in [0.15, 0.2) is 9.84 Å². The maximum atomic E-state index is 12.0. The lowest BCUT2D eigenvalue weighted by atomic mass is 10.2. The van der Waals surface area contributed by atoms with Crippen molar-refractivity contribution < 1.29 is 13.2 Å². The summed E-state index contributed by atoms with van der Waals surface area (Å²) in [6.07, 6.45) is 2.44. The summed E-state index contributed by atoms with van der Waals surface area (Å²) in [5.74, 6) is -0.478. The summed E-state index contributed by atoms with van der Waals surface area (Å²) in [7, 11) is -3.34. The number of hydrogen-bond donors (Lipinski definition) is 3. The van der Waals surface area contributed by atoms with Crippen molar-refractivity contribution in [2.45, 2.75) is 11.8 Å². The molecule has 20 heavy (non-hydrogen) atoms. The van der Waals surface area contributed by atoms with Gasteiger partial charge in [0.25, 0.3) is 5.91 Å². The highest BCUT2D eigenvalue weighted by molar-refractivity contribution is 7.90. The SMILES string of the molecule is Cc1ccc(S(C)(=O)=O)cc1NC(=O)c1[nH]ncc1N. The van der Waals surface area contributed by atoms with Gasteiger partial charge in [-0.05, 0) is 24.6 Å². The molecule has 0 aliphatic heterocycles. The summed E-state index contributed by atoms with van der Waals surface area (Å²) >= 11 is 0. The van der Waals surface area contributed by atoms with E-state index in [2.05, 4.69) is 15.5 Å². The van der Waals surface area contributed by atoms with Crippen molar-refractivity contribution in [1.29, 1.82) is 0 Å². The van der Waals surface area contributed by atoms with Crippen molar-refractivity contribution in [3.8, 4) is 0 Å². The minimum Gasteiger partial charge on any atom is -0.396 e. The molecule has 0 aliphatic carbocycles. The second-order valence-corrected chi connectivity index (χ2v) is 6.42. The number of rotatable bonds is 3. The number of aromatic amines is 1. The van der Waals surface area contributed by atoms with E-state index in [-0.39, 0.29) is 16.3 Å². The first-order valence-electron chi connectivity index (χ1n) is 5.70. The van der Waals surface area contributed by atoms with Crippen LogP contribution < -0.4 is 11.1 Å². The fraction of sp³-hybridized carbons (Fsp3) is 0.167. The van der Waals surface area contributed by atoms with Crippen LogP contribution in [0.15, 0.2) is 29.3 Å². The van der Waals surface area contributed by atoms with E-state index in [0.29, 0.717) is 5.69 Å². The van der Waals surface area contributed by atoms with Gasteiger partial charge in [0.1, 0.15) is 5.69 Å². The predicted molar refractivity (Wildman–Crippen MR) is 75.2 cm³/mol. The number of amides is 1. The van der Waals surface area contributed by atoms with Gasteiger partial charge in [-0.25, -0.2) is 8.42 Å². The summed E-state index contributed by atoms with van der Waals surface area (Å²) in [4.78, 5) is 12.1. The molecule has 1 heterocycles. The van der Waals surface area contributed by atoms with Gasteiger partial charge >= 0.3 is 0 Å². The number of aryl methyl sites for hydroxylation is 1. The van der Waals surface area contributed by atoms with E-state index in [0.717, 1.165) is 11.8 Å². The second kappa shape index (κ2) is 4.97. The first kappa shape index (κ1) is 14.1. The molecule has 0 atom stereocenters. The topological polar surface area (TPSA) is 118 Å². The fourth-order valence-electron chi connectivity index (χ4n) is 1.63. The van der Waals surface area contributed by atoms with Crippen LogP contribution in [0.25, 0.3) is 0 Å². The Morgan fingerprint density at radius 2 is 2.10 bits per heavy atom. The van der Waals surface area contributed by atoms with Crippen LogP contribution >= 0.6 is 0 Å². The fourth-order valence-corrected chi connectivity index (χ4v) is 2.28. The highest BCUT2D eigenvalue weighted by atomic mass is 32.2. The van der Waals surface area contributed by atoms with E-state index in [1.54, 1.807) is 13.0 Å². The van der Waals surface area contributed by atoms with Gasteiger partial charge in [0.2, 0.25) is 0 Å². The molecule has 0 radical (unpaired) electrons. The zero-order valence-corrected chi connectivity index (χ0v) is 11.8. The van der Waals surface area contributed by atoms with Gasteiger partial charge in [0.05, 0.1) is 16.8 Å². The lowest BCUT2D eigenvalue weighted by Gasteiger charge is -2.09.